The Balaban J connectivity index is 2.28. The molecule has 3 aromatic rings. The molecule has 1 aromatic carbocycles. The SMILES string of the molecule is CNc1nc(Cl)nc2c1cnn2-c1cccc(C)c1. The Hall–Kier alpha value is -2.14. The molecular formula is C13H12ClN5. The maximum atomic E-state index is 5.95. The van der Waals surface area contributed by atoms with Crippen LogP contribution in [0.4, 0.5) is 5.82 Å². The molecule has 0 saturated carbocycles. The first-order valence-electron chi connectivity index (χ1n) is 5.85. The van der Waals surface area contributed by atoms with Gasteiger partial charge in [0.05, 0.1) is 17.3 Å². The summed E-state index contributed by atoms with van der Waals surface area (Å²) < 4.78 is 1.76. The zero-order valence-electron chi connectivity index (χ0n) is 10.6. The maximum absolute atomic E-state index is 5.95. The number of hydrogen-bond acceptors (Lipinski definition) is 4. The van der Waals surface area contributed by atoms with Gasteiger partial charge < -0.3 is 5.32 Å². The highest BCUT2D eigenvalue weighted by Crippen LogP contribution is 2.23. The average molecular weight is 274 g/mol. The van der Waals surface area contributed by atoms with Crippen LogP contribution >= 0.6 is 11.6 Å². The van der Waals surface area contributed by atoms with Crippen molar-refractivity contribution in [3.8, 4) is 5.69 Å². The van der Waals surface area contributed by atoms with Crippen molar-refractivity contribution in [1.29, 1.82) is 0 Å². The van der Waals surface area contributed by atoms with Crippen molar-refractivity contribution in [2.75, 3.05) is 12.4 Å². The molecule has 0 atom stereocenters. The lowest BCUT2D eigenvalue weighted by Crippen LogP contribution is -2.00. The summed E-state index contributed by atoms with van der Waals surface area (Å²) in [5, 5.41) is 8.41. The number of anilines is 1. The molecule has 2 aromatic heterocycles. The summed E-state index contributed by atoms with van der Waals surface area (Å²) in [7, 11) is 1.79. The van der Waals surface area contributed by atoms with E-state index in [2.05, 4.69) is 20.4 Å². The van der Waals surface area contributed by atoms with Gasteiger partial charge in [-0.05, 0) is 36.2 Å². The van der Waals surface area contributed by atoms with Crippen molar-refractivity contribution in [1.82, 2.24) is 19.7 Å². The second-order valence-electron chi connectivity index (χ2n) is 4.22. The lowest BCUT2D eigenvalue weighted by Gasteiger charge is -2.05. The molecule has 0 unspecified atom stereocenters. The van der Waals surface area contributed by atoms with E-state index in [1.54, 1.807) is 17.9 Å². The van der Waals surface area contributed by atoms with Crippen LogP contribution in [-0.2, 0) is 0 Å². The molecule has 19 heavy (non-hydrogen) atoms. The Bertz CT molecular complexity index is 750. The van der Waals surface area contributed by atoms with Crippen LogP contribution in [0.1, 0.15) is 5.56 Å². The predicted molar refractivity (Wildman–Crippen MR) is 76.0 cm³/mol. The third kappa shape index (κ3) is 2.02. The lowest BCUT2D eigenvalue weighted by molar-refractivity contribution is 0.894. The molecule has 0 fully saturated rings. The van der Waals surface area contributed by atoms with Gasteiger partial charge in [0.25, 0.3) is 0 Å². The first-order valence-corrected chi connectivity index (χ1v) is 6.23. The molecule has 0 spiro atoms. The number of fused-ring (bicyclic) bond motifs is 1. The summed E-state index contributed by atoms with van der Waals surface area (Å²) >= 11 is 5.95. The van der Waals surface area contributed by atoms with Crippen LogP contribution < -0.4 is 5.32 Å². The number of nitrogens with one attached hydrogen (secondary N) is 1. The standard InChI is InChI=1S/C13H12ClN5/c1-8-4-3-5-9(6-8)19-12-10(7-16-19)11(15-2)17-13(14)18-12/h3-7H,1-2H3,(H,15,17,18). The van der Waals surface area contributed by atoms with Gasteiger partial charge in [-0.3, -0.25) is 0 Å². The molecular weight excluding hydrogens is 262 g/mol. The molecule has 0 aliphatic carbocycles. The first-order chi connectivity index (χ1) is 9.19. The number of benzene rings is 1. The van der Waals surface area contributed by atoms with Gasteiger partial charge in [-0.25, -0.2) is 4.68 Å². The number of aromatic nitrogens is 4. The highest BCUT2D eigenvalue weighted by Gasteiger charge is 2.12. The number of aryl methyl sites for hydroxylation is 1. The van der Waals surface area contributed by atoms with Crippen LogP contribution in [0.5, 0.6) is 0 Å². The molecule has 2 heterocycles. The number of rotatable bonds is 2. The monoisotopic (exact) mass is 273 g/mol. The maximum Gasteiger partial charge on any atom is 0.226 e. The van der Waals surface area contributed by atoms with Gasteiger partial charge in [-0.2, -0.15) is 15.1 Å². The highest BCUT2D eigenvalue weighted by molar-refractivity contribution is 6.28. The molecule has 1 N–H and O–H groups in total. The molecule has 0 aliphatic rings. The van der Waals surface area contributed by atoms with E-state index in [0.717, 1.165) is 16.6 Å². The number of halogens is 1. The summed E-state index contributed by atoms with van der Waals surface area (Å²) in [6.07, 6.45) is 1.74. The summed E-state index contributed by atoms with van der Waals surface area (Å²) in [6, 6.07) is 8.05. The fraction of sp³-hybridized carbons (Fsp3) is 0.154. The minimum atomic E-state index is 0.200. The fourth-order valence-electron chi connectivity index (χ4n) is 2.02. The van der Waals surface area contributed by atoms with E-state index >= 15 is 0 Å². The van der Waals surface area contributed by atoms with E-state index in [0.29, 0.717) is 11.5 Å². The minimum absolute atomic E-state index is 0.200. The topological polar surface area (TPSA) is 55.6 Å². The van der Waals surface area contributed by atoms with E-state index in [1.165, 1.54) is 0 Å². The van der Waals surface area contributed by atoms with Crippen LogP contribution in [0.3, 0.4) is 0 Å². The minimum Gasteiger partial charge on any atom is -0.372 e. The Kier molecular flexibility index (Phi) is 2.83. The van der Waals surface area contributed by atoms with Crippen LogP contribution in [0, 0.1) is 6.92 Å². The smallest absolute Gasteiger partial charge is 0.226 e. The summed E-state index contributed by atoms with van der Waals surface area (Å²) in [5.41, 5.74) is 2.80. The summed E-state index contributed by atoms with van der Waals surface area (Å²) in [6.45, 7) is 2.04. The summed E-state index contributed by atoms with van der Waals surface area (Å²) in [5.74, 6) is 0.675. The van der Waals surface area contributed by atoms with Crippen LogP contribution in [0.2, 0.25) is 5.28 Å². The quantitative estimate of drug-likeness (QED) is 0.730. The van der Waals surface area contributed by atoms with E-state index in [4.69, 9.17) is 11.6 Å². The molecule has 96 valence electrons. The summed E-state index contributed by atoms with van der Waals surface area (Å²) in [4.78, 5) is 8.40. The Morgan fingerprint density at radius 1 is 1.26 bits per heavy atom. The predicted octanol–water partition coefficient (Wildman–Crippen LogP) is 2.82. The first kappa shape index (κ1) is 11.9. The second kappa shape index (κ2) is 4.51. The third-order valence-electron chi connectivity index (χ3n) is 2.88. The van der Waals surface area contributed by atoms with Gasteiger partial charge in [-0.15, -0.1) is 0 Å². The highest BCUT2D eigenvalue weighted by atomic mass is 35.5. The van der Waals surface area contributed by atoms with Gasteiger partial charge in [0.1, 0.15) is 5.82 Å². The van der Waals surface area contributed by atoms with E-state index in [1.807, 2.05) is 31.2 Å². The van der Waals surface area contributed by atoms with Gasteiger partial charge in [0.2, 0.25) is 5.28 Å². The van der Waals surface area contributed by atoms with Crippen molar-refractivity contribution in [3.05, 3.63) is 41.3 Å². The number of nitrogens with zero attached hydrogens (tertiary/aromatic N) is 4. The van der Waals surface area contributed by atoms with Crippen molar-refractivity contribution in [3.63, 3.8) is 0 Å². The molecule has 5 nitrogen and oxygen atoms in total. The van der Waals surface area contributed by atoms with Gasteiger partial charge in [-0.1, -0.05) is 12.1 Å². The van der Waals surface area contributed by atoms with Crippen LogP contribution in [0.15, 0.2) is 30.5 Å². The van der Waals surface area contributed by atoms with E-state index in [9.17, 15) is 0 Å². The van der Waals surface area contributed by atoms with E-state index < -0.39 is 0 Å². The Labute approximate surface area is 115 Å². The second-order valence-corrected chi connectivity index (χ2v) is 4.56. The molecule has 3 rings (SSSR count). The molecule has 0 saturated heterocycles. The fourth-order valence-corrected chi connectivity index (χ4v) is 2.19. The Morgan fingerprint density at radius 2 is 2.11 bits per heavy atom. The van der Waals surface area contributed by atoms with Gasteiger partial charge in [0.15, 0.2) is 5.65 Å². The molecule has 0 amide bonds. The van der Waals surface area contributed by atoms with Crippen LogP contribution in [-0.4, -0.2) is 26.8 Å². The van der Waals surface area contributed by atoms with Crippen molar-refractivity contribution in [2.24, 2.45) is 0 Å². The average Bonchev–Trinajstić information content (AvgIpc) is 2.81. The normalized spacial score (nSPS) is 10.9. The van der Waals surface area contributed by atoms with Crippen molar-refractivity contribution in [2.45, 2.75) is 6.92 Å². The van der Waals surface area contributed by atoms with Crippen molar-refractivity contribution < 1.29 is 0 Å². The van der Waals surface area contributed by atoms with Gasteiger partial charge in [0, 0.05) is 7.05 Å². The molecule has 0 bridgehead atoms. The zero-order valence-corrected chi connectivity index (χ0v) is 11.3. The lowest BCUT2D eigenvalue weighted by atomic mass is 10.2. The molecule has 0 aliphatic heterocycles. The largest absolute Gasteiger partial charge is 0.372 e. The van der Waals surface area contributed by atoms with Crippen LogP contribution in [0.25, 0.3) is 16.7 Å². The third-order valence-corrected chi connectivity index (χ3v) is 3.05. The zero-order chi connectivity index (χ0) is 13.4. The van der Waals surface area contributed by atoms with Gasteiger partial charge >= 0.3 is 0 Å². The molecule has 6 heteroatoms. The number of hydrogen-bond donors (Lipinski definition) is 1. The van der Waals surface area contributed by atoms with E-state index in [-0.39, 0.29) is 5.28 Å². The molecule has 0 radical (unpaired) electrons. The Morgan fingerprint density at radius 3 is 2.84 bits per heavy atom. The van der Waals surface area contributed by atoms with Crippen molar-refractivity contribution >= 4 is 28.5 Å².